The fraction of sp³-hybridized carbons (Fsp3) is 0.800. The van der Waals surface area contributed by atoms with Gasteiger partial charge in [0, 0.05) is 26.7 Å². The van der Waals surface area contributed by atoms with Gasteiger partial charge >= 0.3 is 0 Å². The van der Waals surface area contributed by atoms with Gasteiger partial charge in [0.15, 0.2) is 0 Å². The number of ether oxygens (including phenoxy) is 1. The lowest BCUT2D eigenvalue weighted by atomic mass is 10.2. The molecule has 0 radical (unpaired) electrons. The maximum atomic E-state index is 11.2. The number of methoxy groups -OCH3 is 1. The lowest BCUT2D eigenvalue weighted by Gasteiger charge is -2.16. The highest BCUT2D eigenvalue weighted by Gasteiger charge is 2.10. The Morgan fingerprint density at radius 3 is 2.80 bits per heavy atom. The van der Waals surface area contributed by atoms with Gasteiger partial charge in [0.25, 0.3) is 0 Å². The van der Waals surface area contributed by atoms with Crippen molar-refractivity contribution in [2.45, 2.75) is 6.92 Å². The molecule has 0 saturated carbocycles. The molecule has 0 rings (SSSR count). The molecule has 0 fully saturated rings. The van der Waals surface area contributed by atoms with Gasteiger partial charge in [0.2, 0.25) is 5.91 Å². The van der Waals surface area contributed by atoms with E-state index in [4.69, 9.17) is 10.00 Å². The summed E-state index contributed by atoms with van der Waals surface area (Å²) in [6.07, 6.45) is 0. The number of hydrogen-bond acceptors (Lipinski definition) is 4. The molecule has 0 spiro atoms. The van der Waals surface area contributed by atoms with Gasteiger partial charge in [-0.3, -0.25) is 4.79 Å². The molecular weight excluding hydrogens is 194 g/mol. The summed E-state index contributed by atoms with van der Waals surface area (Å²) in [6.45, 7) is 4.42. The molecule has 0 aromatic rings. The lowest BCUT2D eigenvalue weighted by molar-refractivity contribution is -0.122. The van der Waals surface area contributed by atoms with Gasteiger partial charge < -0.3 is 15.0 Å². The van der Waals surface area contributed by atoms with Crippen molar-refractivity contribution in [2.75, 3.05) is 40.4 Å². The zero-order valence-corrected chi connectivity index (χ0v) is 9.62. The highest BCUT2D eigenvalue weighted by atomic mass is 16.5. The SMILES string of the molecule is COCCN(C)CCNC(=O)C(C)C#N. The number of likely N-dealkylation sites (N-methyl/N-ethyl adjacent to an activating group) is 1. The minimum absolute atomic E-state index is 0.211. The Kier molecular flexibility index (Phi) is 7.60. The largest absolute Gasteiger partial charge is 0.383 e. The van der Waals surface area contributed by atoms with E-state index in [9.17, 15) is 4.79 Å². The fourth-order valence-electron chi connectivity index (χ4n) is 0.941. The van der Waals surface area contributed by atoms with Crippen LogP contribution in [0.4, 0.5) is 0 Å². The second-order valence-electron chi connectivity index (χ2n) is 3.44. The molecule has 1 amide bonds. The molecule has 86 valence electrons. The molecule has 0 aromatic carbocycles. The molecule has 0 aromatic heterocycles. The van der Waals surface area contributed by atoms with Crippen molar-refractivity contribution >= 4 is 5.91 Å². The van der Waals surface area contributed by atoms with Crippen LogP contribution in [-0.4, -0.2) is 51.2 Å². The zero-order chi connectivity index (χ0) is 11.7. The molecule has 5 heteroatoms. The van der Waals surface area contributed by atoms with E-state index in [0.717, 1.165) is 13.1 Å². The van der Waals surface area contributed by atoms with Crippen molar-refractivity contribution in [2.24, 2.45) is 5.92 Å². The Morgan fingerprint density at radius 1 is 1.60 bits per heavy atom. The van der Waals surface area contributed by atoms with Gasteiger partial charge in [0.05, 0.1) is 12.7 Å². The summed E-state index contributed by atoms with van der Waals surface area (Å²) in [5, 5.41) is 11.2. The first-order chi connectivity index (χ1) is 7.11. The maximum Gasteiger partial charge on any atom is 0.237 e. The number of carbonyl (C=O) groups excluding carboxylic acids is 1. The highest BCUT2D eigenvalue weighted by Crippen LogP contribution is 1.90. The van der Waals surface area contributed by atoms with E-state index in [-0.39, 0.29) is 5.91 Å². The van der Waals surface area contributed by atoms with Crippen LogP contribution in [0, 0.1) is 17.2 Å². The van der Waals surface area contributed by atoms with Gasteiger partial charge in [-0.25, -0.2) is 0 Å². The van der Waals surface area contributed by atoms with Crippen molar-refractivity contribution in [1.29, 1.82) is 5.26 Å². The predicted octanol–water partition coefficient (Wildman–Crippen LogP) is -0.160. The van der Waals surface area contributed by atoms with Crippen LogP contribution in [0.2, 0.25) is 0 Å². The third-order valence-electron chi connectivity index (χ3n) is 2.06. The second-order valence-corrected chi connectivity index (χ2v) is 3.44. The number of nitriles is 1. The molecule has 15 heavy (non-hydrogen) atoms. The number of hydrogen-bond donors (Lipinski definition) is 1. The average Bonchev–Trinajstić information content (AvgIpc) is 2.24. The van der Waals surface area contributed by atoms with Crippen LogP contribution in [-0.2, 0) is 9.53 Å². The molecule has 1 unspecified atom stereocenters. The van der Waals surface area contributed by atoms with Gasteiger partial charge in [-0.1, -0.05) is 0 Å². The van der Waals surface area contributed by atoms with Crippen molar-refractivity contribution in [3.8, 4) is 6.07 Å². The molecular formula is C10H19N3O2. The zero-order valence-electron chi connectivity index (χ0n) is 9.62. The van der Waals surface area contributed by atoms with E-state index in [0.29, 0.717) is 13.2 Å². The van der Waals surface area contributed by atoms with E-state index in [1.54, 1.807) is 14.0 Å². The monoisotopic (exact) mass is 213 g/mol. The number of nitrogens with zero attached hydrogens (tertiary/aromatic N) is 2. The predicted molar refractivity (Wildman–Crippen MR) is 57.2 cm³/mol. The third kappa shape index (κ3) is 6.89. The van der Waals surface area contributed by atoms with Crippen LogP contribution in [0.25, 0.3) is 0 Å². The molecule has 1 atom stereocenters. The first-order valence-electron chi connectivity index (χ1n) is 4.96. The van der Waals surface area contributed by atoms with Crippen LogP contribution in [0.5, 0.6) is 0 Å². The van der Waals surface area contributed by atoms with Crippen LogP contribution in [0.1, 0.15) is 6.92 Å². The first-order valence-corrected chi connectivity index (χ1v) is 4.96. The van der Waals surface area contributed by atoms with Crippen molar-refractivity contribution in [1.82, 2.24) is 10.2 Å². The summed E-state index contributed by atoms with van der Waals surface area (Å²) < 4.78 is 4.92. The van der Waals surface area contributed by atoms with E-state index >= 15 is 0 Å². The number of amides is 1. The number of rotatable bonds is 7. The van der Waals surface area contributed by atoms with E-state index in [1.807, 2.05) is 13.1 Å². The molecule has 1 N–H and O–H groups in total. The Morgan fingerprint density at radius 2 is 2.27 bits per heavy atom. The van der Waals surface area contributed by atoms with Crippen molar-refractivity contribution in [3.05, 3.63) is 0 Å². The smallest absolute Gasteiger partial charge is 0.237 e. The molecule has 0 saturated heterocycles. The lowest BCUT2D eigenvalue weighted by Crippen LogP contribution is -2.36. The summed E-state index contributed by atoms with van der Waals surface area (Å²) in [5.74, 6) is -0.785. The Labute approximate surface area is 91.0 Å². The second kappa shape index (κ2) is 8.21. The average molecular weight is 213 g/mol. The summed E-state index contributed by atoms with van der Waals surface area (Å²) in [7, 11) is 3.61. The normalized spacial score (nSPS) is 12.2. The van der Waals surface area contributed by atoms with Gasteiger partial charge in [-0.15, -0.1) is 0 Å². The van der Waals surface area contributed by atoms with Crippen LogP contribution in [0.15, 0.2) is 0 Å². The molecule has 0 aliphatic carbocycles. The Balaban J connectivity index is 3.53. The van der Waals surface area contributed by atoms with E-state index in [1.165, 1.54) is 0 Å². The number of nitrogens with one attached hydrogen (secondary N) is 1. The summed E-state index contributed by atoms with van der Waals surface area (Å²) in [6, 6.07) is 1.89. The summed E-state index contributed by atoms with van der Waals surface area (Å²) in [4.78, 5) is 13.2. The van der Waals surface area contributed by atoms with Crippen molar-refractivity contribution in [3.63, 3.8) is 0 Å². The molecule has 0 bridgehead atoms. The summed E-state index contributed by atoms with van der Waals surface area (Å²) in [5.41, 5.74) is 0. The minimum Gasteiger partial charge on any atom is -0.383 e. The van der Waals surface area contributed by atoms with Crippen LogP contribution < -0.4 is 5.32 Å². The van der Waals surface area contributed by atoms with Crippen molar-refractivity contribution < 1.29 is 9.53 Å². The quantitative estimate of drug-likeness (QED) is 0.638. The molecule has 5 nitrogen and oxygen atoms in total. The minimum atomic E-state index is -0.575. The van der Waals surface area contributed by atoms with E-state index < -0.39 is 5.92 Å². The summed E-state index contributed by atoms with van der Waals surface area (Å²) >= 11 is 0. The topological polar surface area (TPSA) is 65.4 Å². The van der Waals surface area contributed by atoms with Gasteiger partial charge in [-0.05, 0) is 14.0 Å². The molecule has 0 heterocycles. The van der Waals surface area contributed by atoms with Crippen LogP contribution >= 0.6 is 0 Å². The first kappa shape index (κ1) is 13.9. The van der Waals surface area contributed by atoms with Crippen LogP contribution in [0.3, 0.4) is 0 Å². The maximum absolute atomic E-state index is 11.2. The molecule has 0 aliphatic rings. The van der Waals surface area contributed by atoms with E-state index in [2.05, 4.69) is 10.2 Å². The third-order valence-corrected chi connectivity index (χ3v) is 2.06. The Hall–Kier alpha value is -1.12. The van der Waals surface area contributed by atoms with Gasteiger partial charge in [-0.2, -0.15) is 5.26 Å². The fourth-order valence-corrected chi connectivity index (χ4v) is 0.941. The Bertz CT molecular complexity index is 225. The highest BCUT2D eigenvalue weighted by molar-refractivity contribution is 5.80. The van der Waals surface area contributed by atoms with Gasteiger partial charge in [0.1, 0.15) is 5.92 Å². The molecule has 0 aliphatic heterocycles. The number of carbonyl (C=O) groups is 1. The standard InChI is InChI=1S/C10H19N3O2/c1-9(8-11)10(14)12-4-5-13(2)6-7-15-3/h9H,4-7H2,1-3H3,(H,12,14).